The van der Waals surface area contributed by atoms with Gasteiger partial charge in [-0.15, -0.1) is 0 Å². The number of carboxylic acid groups (broad SMARTS) is 2. The number of fused-ring (bicyclic) bond motifs is 1. The lowest BCUT2D eigenvalue weighted by atomic mass is 10.0. The van der Waals surface area contributed by atoms with Crippen LogP contribution < -0.4 is 0 Å². The maximum atomic E-state index is 12.6. The number of aromatic nitrogens is 2. The van der Waals surface area contributed by atoms with Crippen LogP contribution >= 0.6 is 0 Å². The molecule has 1 aromatic heterocycles. The molecule has 0 saturated carbocycles. The zero-order valence-corrected chi connectivity index (χ0v) is 15.0. The van der Waals surface area contributed by atoms with E-state index < -0.39 is 18.0 Å². The molecule has 3 rings (SSSR count). The van der Waals surface area contributed by atoms with Crippen LogP contribution in [0.15, 0.2) is 18.2 Å². The van der Waals surface area contributed by atoms with E-state index in [1.807, 2.05) is 13.8 Å². The molecule has 3 N–H and O–H groups in total. The van der Waals surface area contributed by atoms with Gasteiger partial charge in [0.05, 0.1) is 34.9 Å². The first kappa shape index (κ1) is 20.2. The average Bonchev–Trinajstić information content (AvgIpc) is 2.95. The van der Waals surface area contributed by atoms with E-state index in [4.69, 9.17) is 15.0 Å². The van der Waals surface area contributed by atoms with Gasteiger partial charge in [-0.3, -0.25) is 14.4 Å². The standard InChI is InChI=1S/C17H19N3O4.CH2O2/c1-9-10(2)19-14-5-11(3-4-13(14)18-9)17(24)20-7-12(6-16(22)23)15(21)8-20;2-1-3/h3-5,12,15,21H,6-8H2,1-2H3,(H,22,23);1H,(H,2,3)/t12-,15-;/m1./s1. The first-order chi connectivity index (χ1) is 12.8. The Morgan fingerprint density at radius 3 is 2.37 bits per heavy atom. The summed E-state index contributed by atoms with van der Waals surface area (Å²) in [7, 11) is 0. The number of aliphatic hydroxyl groups excluding tert-OH is 1. The van der Waals surface area contributed by atoms with E-state index in [2.05, 4.69) is 9.97 Å². The number of carbonyl (C=O) groups is 3. The minimum Gasteiger partial charge on any atom is -0.483 e. The number of hydrogen-bond donors (Lipinski definition) is 3. The molecule has 1 amide bonds. The Balaban J connectivity index is 0.000000817. The molecule has 0 radical (unpaired) electrons. The molecule has 1 aliphatic heterocycles. The van der Waals surface area contributed by atoms with E-state index in [1.54, 1.807) is 18.2 Å². The summed E-state index contributed by atoms with van der Waals surface area (Å²) < 4.78 is 0. The number of hydrogen-bond acceptors (Lipinski definition) is 6. The fourth-order valence-electron chi connectivity index (χ4n) is 2.99. The molecule has 9 heteroatoms. The molecule has 1 fully saturated rings. The van der Waals surface area contributed by atoms with Gasteiger partial charge >= 0.3 is 5.97 Å². The molecule has 1 aromatic carbocycles. The van der Waals surface area contributed by atoms with Crippen LogP contribution in [0.4, 0.5) is 0 Å². The summed E-state index contributed by atoms with van der Waals surface area (Å²) in [5, 5.41) is 25.7. The van der Waals surface area contributed by atoms with E-state index in [1.165, 1.54) is 4.90 Å². The van der Waals surface area contributed by atoms with Crippen LogP contribution in [0.2, 0.25) is 0 Å². The van der Waals surface area contributed by atoms with Gasteiger partial charge in [-0.1, -0.05) is 0 Å². The van der Waals surface area contributed by atoms with Crippen LogP contribution in [-0.2, 0) is 9.59 Å². The number of likely N-dealkylation sites (tertiary alicyclic amines) is 1. The monoisotopic (exact) mass is 375 g/mol. The third-order valence-electron chi connectivity index (χ3n) is 4.45. The van der Waals surface area contributed by atoms with Crippen molar-refractivity contribution in [3.63, 3.8) is 0 Å². The van der Waals surface area contributed by atoms with Gasteiger partial charge in [0, 0.05) is 24.6 Å². The molecule has 2 atom stereocenters. The predicted molar refractivity (Wildman–Crippen MR) is 95.4 cm³/mol. The number of rotatable bonds is 3. The Hall–Kier alpha value is -3.07. The summed E-state index contributed by atoms with van der Waals surface area (Å²) in [5.74, 6) is -1.64. The normalized spacial score (nSPS) is 18.7. The van der Waals surface area contributed by atoms with E-state index in [-0.39, 0.29) is 31.9 Å². The fraction of sp³-hybridized carbons (Fsp3) is 0.389. The highest BCUT2D eigenvalue weighted by Gasteiger charge is 2.35. The Labute approximate surface area is 155 Å². The molecule has 0 aliphatic carbocycles. The summed E-state index contributed by atoms with van der Waals surface area (Å²) in [5.41, 5.74) is 3.49. The minimum atomic E-state index is -0.972. The lowest BCUT2D eigenvalue weighted by Gasteiger charge is -2.16. The van der Waals surface area contributed by atoms with Crippen LogP contribution in [0.5, 0.6) is 0 Å². The third kappa shape index (κ3) is 4.76. The highest BCUT2D eigenvalue weighted by Crippen LogP contribution is 2.23. The number of benzene rings is 1. The maximum absolute atomic E-state index is 12.6. The van der Waals surface area contributed by atoms with E-state index >= 15 is 0 Å². The van der Waals surface area contributed by atoms with Crippen molar-refractivity contribution in [3.8, 4) is 0 Å². The highest BCUT2D eigenvalue weighted by molar-refractivity contribution is 5.97. The van der Waals surface area contributed by atoms with Gasteiger partial charge < -0.3 is 20.2 Å². The number of amides is 1. The maximum Gasteiger partial charge on any atom is 0.303 e. The largest absolute Gasteiger partial charge is 0.483 e. The van der Waals surface area contributed by atoms with Gasteiger partial charge in [0.25, 0.3) is 12.4 Å². The number of β-amino-alcohol motifs (C(OH)–C–C–N with tert-alkyl or cyclic N) is 1. The van der Waals surface area contributed by atoms with Gasteiger partial charge in [0.1, 0.15) is 0 Å². The minimum absolute atomic E-state index is 0.146. The molecule has 144 valence electrons. The highest BCUT2D eigenvalue weighted by atomic mass is 16.4. The van der Waals surface area contributed by atoms with Crippen LogP contribution in [0, 0.1) is 19.8 Å². The summed E-state index contributed by atoms with van der Waals surface area (Å²) >= 11 is 0. The van der Waals surface area contributed by atoms with Crippen molar-refractivity contribution in [1.29, 1.82) is 0 Å². The SMILES string of the molecule is Cc1nc2ccc(C(=O)N3C[C@@H](CC(=O)O)[C@H](O)C3)cc2nc1C.O=CO. The van der Waals surface area contributed by atoms with Crippen LogP contribution in [-0.4, -0.2) is 67.7 Å². The van der Waals surface area contributed by atoms with Crippen molar-refractivity contribution in [2.45, 2.75) is 26.4 Å². The lowest BCUT2D eigenvalue weighted by molar-refractivity contribution is -0.138. The smallest absolute Gasteiger partial charge is 0.303 e. The second kappa shape index (κ2) is 8.54. The average molecular weight is 375 g/mol. The van der Waals surface area contributed by atoms with E-state index in [0.29, 0.717) is 11.1 Å². The Morgan fingerprint density at radius 2 is 1.78 bits per heavy atom. The number of aliphatic hydroxyl groups is 1. The molecular weight excluding hydrogens is 354 g/mol. The molecular formula is C18H21N3O6. The number of carbonyl (C=O) groups excluding carboxylic acids is 1. The molecule has 0 spiro atoms. The topological polar surface area (TPSA) is 141 Å². The number of aryl methyl sites for hydroxylation is 2. The van der Waals surface area contributed by atoms with E-state index in [9.17, 15) is 14.7 Å². The van der Waals surface area contributed by atoms with Crippen molar-refractivity contribution >= 4 is 29.4 Å². The molecule has 27 heavy (non-hydrogen) atoms. The van der Waals surface area contributed by atoms with Crippen molar-refractivity contribution in [1.82, 2.24) is 14.9 Å². The van der Waals surface area contributed by atoms with Gasteiger partial charge in [-0.2, -0.15) is 0 Å². The molecule has 2 heterocycles. The zero-order chi connectivity index (χ0) is 20.1. The van der Waals surface area contributed by atoms with Crippen molar-refractivity contribution in [3.05, 3.63) is 35.2 Å². The summed E-state index contributed by atoms with van der Waals surface area (Å²) in [4.78, 5) is 42.2. The van der Waals surface area contributed by atoms with Gasteiger partial charge in [-0.25, -0.2) is 9.97 Å². The second-order valence-corrected chi connectivity index (χ2v) is 6.34. The first-order valence-electron chi connectivity index (χ1n) is 8.28. The van der Waals surface area contributed by atoms with Crippen LogP contribution in [0.25, 0.3) is 11.0 Å². The summed E-state index contributed by atoms with van der Waals surface area (Å²) in [6.07, 6.45) is -0.956. The molecule has 0 unspecified atom stereocenters. The van der Waals surface area contributed by atoms with Gasteiger partial charge in [0.15, 0.2) is 0 Å². The third-order valence-corrected chi connectivity index (χ3v) is 4.45. The lowest BCUT2D eigenvalue weighted by Crippen LogP contribution is -2.29. The van der Waals surface area contributed by atoms with Crippen molar-refractivity contribution in [2.24, 2.45) is 5.92 Å². The Morgan fingerprint density at radius 1 is 1.19 bits per heavy atom. The molecule has 1 aliphatic rings. The molecule has 2 aromatic rings. The van der Waals surface area contributed by atoms with E-state index in [0.717, 1.165) is 16.9 Å². The molecule has 0 bridgehead atoms. The predicted octanol–water partition coefficient (Wildman–Crippen LogP) is 0.855. The fourth-order valence-corrected chi connectivity index (χ4v) is 2.99. The van der Waals surface area contributed by atoms with Gasteiger partial charge in [0.2, 0.25) is 0 Å². The zero-order valence-electron chi connectivity index (χ0n) is 15.0. The first-order valence-corrected chi connectivity index (χ1v) is 8.28. The second-order valence-electron chi connectivity index (χ2n) is 6.34. The number of nitrogens with zero attached hydrogens (tertiary/aromatic N) is 3. The van der Waals surface area contributed by atoms with Crippen molar-refractivity contribution in [2.75, 3.05) is 13.1 Å². The molecule has 9 nitrogen and oxygen atoms in total. The number of aliphatic carboxylic acids is 1. The van der Waals surface area contributed by atoms with Crippen LogP contribution in [0.3, 0.4) is 0 Å². The summed E-state index contributed by atoms with van der Waals surface area (Å²) in [6.45, 7) is 3.88. The summed E-state index contributed by atoms with van der Waals surface area (Å²) in [6, 6.07) is 5.13. The van der Waals surface area contributed by atoms with Crippen LogP contribution in [0.1, 0.15) is 28.2 Å². The molecule has 1 saturated heterocycles. The number of carboxylic acids is 1. The Bertz CT molecular complexity index is 870. The Kier molecular flexibility index (Phi) is 6.40. The quantitative estimate of drug-likeness (QED) is 0.671. The van der Waals surface area contributed by atoms with Crippen molar-refractivity contribution < 1.29 is 29.7 Å². The van der Waals surface area contributed by atoms with Gasteiger partial charge in [-0.05, 0) is 32.0 Å².